The molecule has 0 bridgehead atoms. The molecule has 2 heterocycles. The number of thioether (sulfide) groups is 1. The van der Waals surface area contributed by atoms with Crippen LogP contribution in [0.3, 0.4) is 0 Å². The number of rotatable bonds is 4. The van der Waals surface area contributed by atoms with Crippen molar-refractivity contribution in [1.82, 2.24) is 14.7 Å². The van der Waals surface area contributed by atoms with Gasteiger partial charge in [-0.3, -0.25) is 34.0 Å². The average molecular weight is 360 g/mol. The lowest BCUT2D eigenvalue weighted by Crippen LogP contribution is -2.37. The Morgan fingerprint density at radius 2 is 1.48 bits per heavy atom. The molecule has 0 atom stereocenters. The van der Waals surface area contributed by atoms with Crippen LogP contribution in [-0.2, 0) is 9.59 Å². The lowest BCUT2D eigenvalue weighted by atomic mass is 10.1. The normalized spacial score (nSPS) is 20.5. The van der Waals surface area contributed by atoms with Gasteiger partial charge < -0.3 is 0 Å². The van der Waals surface area contributed by atoms with Crippen molar-refractivity contribution in [2.75, 3.05) is 46.4 Å². The Balaban J connectivity index is 2.08. The van der Waals surface area contributed by atoms with Crippen LogP contribution in [-0.4, -0.2) is 73.3 Å². The molecule has 0 N–H and O–H groups in total. The maximum absolute atomic E-state index is 13.0. The number of imide groups is 1. The van der Waals surface area contributed by atoms with Gasteiger partial charge in [-0.25, -0.2) is 0 Å². The van der Waals surface area contributed by atoms with E-state index in [-0.39, 0.29) is 22.7 Å². The second kappa shape index (κ2) is 6.62. The number of fused-ring (bicyclic) bond motifs is 1. The topological polar surface area (TPSA) is 64.2 Å². The maximum atomic E-state index is 13.0. The van der Waals surface area contributed by atoms with Crippen molar-refractivity contribution in [3.8, 4) is 0 Å². The van der Waals surface area contributed by atoms with Crippen LogP contribution in [0.15, 0.2) is 29.2 Å². The molecule has 0 unspecified atom stereocenters. The van der Waals surface area contributed by atoms with Crippen molar-refractivity contribution in [3.05, 3.63) is 34.7 Å². The summed E-state index contributed by atoms with van der Waals surface area (Å²) in [6, 6.07) is 7.36. The van der Waals surface area contributed by atoms with Gasteiger partial charge in [0.15, 0.2) is 0 Å². The molecule has 2 aliphatic rings. The van der Waals surface area contributed by atoms with Gasteiger partial charge in [0.1, 0.15) is 0 Å². The molecule has 25 heavy (non-hydrogen) atoms. The Morgan fingerprint density at radius 1 is 0.880 bits per heavy atom. The molecule has 1 aromatic rings. The van der Waals surface area contributed by atoms with Gasteiger partial charge in [0.05, 0.1) is 29.5 Å². The van der Waals surface area contributed by atoms with Crippen molar-refractivity contribution in [2.24, 2.45) is 0 Å². The van der Waals surface area contributed by atoms with E-state index in [1.165, 1.54) is 0 Å². The first-order valence-corrected chi connectivity index (χ1v) is 8.61. The predicted molar refractivity (Wildman–Crippen MR) is 97.8 cm³/mol. The third-order valence-corrected chi connectivity index (χ3v) is 4.83. The fourth-order valence-electron chi connectivity index (χ4n) is 2.88. The molecule has 7 nitrogen and oxygen atoms in total. The van der Waals surface area contributed by atoms with Crippen molar-refractivity contribution in [1.29, 1.82) is 0 Å². The predicted octanol–water partition coefficient (Wildman–Crippen LogP) is 1.48. The van der Waals surface area contributed by atoms with Gasteiger partial charge in [-0.1, -0.05) is 18.2 Å². The Bertz CT molecular complexity index is 788. The van der Waals surface area contributed by atoms with E-state index in [9.17, 15) is 14.4 Å². The molecule has 0 spiro atoms. The van der Waals surface area contributed by atoms with Gasteiger partial charge in [-0.15, -0.1) is 0 Å². The van der Waals surface area contributed by atoms with Crippen LogP contribution in [0.25, 0.3) is 5.57 Å². The smallest absolute Gasteiger partial charge is 0.294 e. The summed E-state index contributed by atoms with van der Waals surface area (Å²) in [6.45, 7) is 0.597. The van der Waals surface area contributed by atoms with Crippen LogP contribution >= 0.6 is 11.8 Å². The molecule has 0 radical (unpaired) electrons. The molecule has 1 fully saturated rings. The van der Waals surface area contributed by atoms with Crippen molar-refractivity contribution < 1.29 is 14.4 Å². The molecule has 1 saturated heterocycles. The lowest BCUT2D eigenvalue weighted by Gasteiger charge is -2.21. The molecule has 3 rings (SSSR count). The van der Waals surface area contributed by atoms with E-state index in [4.69, 9.17) is 0 Å². The molecule has 8 heteroatoms. The number of anilines is 1. The zero-order valence-electron chi connectivity index (χ0n) is 14.6. The third kappa shape index (κ3) is 3.08. The minimum Gasteiger partial charge on any atom is -0.294 e. The molecule has 0 aliphatic carbocycles. The summed E-state index contributed by atoms with van der Waals surface area (Å²) in [4.78, 5) is 44.6. The minimum absolute atomic E-state index is 0.193. The van der Waals surface area contributed by atoms with Gasteiger partial charge in [-0.05, 0) is 46.0 Å². The van der Waals surface area contributed by atoms with E-state index >= 15 is 0 Å². The second-order valence-corrected chi connectivity index (χ2v) is 7.46. The summed E-state index contributed by atoms with van der Waals surface area (Å²) in [5.74, 6) is -0.654. The molecule has 2 aliphatic heterocycles. The van der Waals surface area contributed by atoms with Crippen LogP contribution < -0.4 is 4.90 Å². The van der Waals surface area contributed by atoms with E-state index in [2.05, 4.69) is 0 Å². The van der Waals surface area contributed by atoms with Crippen LogP contribution in [0, 0.1) is 0 Å². The highest BCUT2D eigenvalue weighted by molar-refractivity contribution is 8.18. The first-order valence-electron chi connectivity index (χ1n) is 7.80. The summed E-state index contributed by atoms with van der Waals surface area (Å²) in [7, 11) is 7.31. The molecule has 1 aromatic carbocycles. The molecular weight excluding hydrogens is 340 g/mol. The highest BCUT2D eigenvalue weighted by Crippen LogP contribution is 2.44. The highest BCUT2D eigenvalue weighted by atomic mass is 32.2. The SMILES string of the molecule is CN(C)CN1C(=O)S/C(=C2\C(=O)N(CN(C)C)c3ccccc32)C1=O. The number of nitrogens with zero attached hydrogens (tertiary/aromatic N) is 4. The zero-order chi connectivity index (χ0) is 18.3. The van der Waals surface area contributed by atoms with Gasteiger partial charge in [0.2, 0.25) is 0 Å². The fraction of sp³-hybridized carbons (Fsp3) is 0.353. The molecule has 0 aromatic heterocycles. The summed E-state index contributed by atoms with van der Waals surface area (Å²) >= 11 is 0.839. The van der Waals surface area contributed by atoms with E-state index in [1.807, 2.05) is 43.3 Å². The summed E-state index contributed by atoms with van der Waals surface area (Å²) in [5.41, 5.74) is 1.78. The average Bonchev–Trinajstić information content (AvgIpc) is 2.96. The second-order valence-electron chi connectivity index (χ2n) is 6.50. The summed E-state index contributed by atoms with van der Waals surface area (Å²) < 4.78 is 0. The van der Waals surface area contributed by atoms with E-state index in [0.29, 0.717) is 17.8 Å². The number of carbonyl (C=O) groups excluding carboxylic acids is 3. The van der Waals surface area contributed by atoms with Crippen LogP contribution in [0.1, 0.15) is 5.56 Å². The number of para-hydroxylation sites is 1. The largest absolute Gasteiger partial charge is 0.294 e. The Kier molecular flexibility index (Phi) is 4.68. The first-order chi connectivity index (χ1) is 11.8. The Hall–Kier alpha value is -2.16. The minimum atomic E-state index is -0.409. The maximum Gasteiger partial charge on any atom is 0.294 e. The van der Waals surface area contributed by atoms with E-state index < -0.39 is 5.91 Å². The number of benzene rings is 1. The van der Waals surface area contributed by atoms with Crippen LogP contribution in [0.4, 0.5) is 10.5 Å². The van der Waals surface area contributed by atoms with Crippen molar-refractivity contribution in [2.45, 2.75) is 0 Å². The van der Waals surface area contributed by atoms with Gasteiger partial charge in [0, 0.05) is 5.56 Å². The van der Waals surface area contributed by atoms with Gasteiger partial charge in [-0.2, -0.15) is 0 Å². The molecule has 3 amide bonds. The number of amides is 3. The first kappa shape index (κ1) is 17.7. The van der Waals surface area contributed by atoms with Crippen molar-refractivity contribution in [3.63, 3.8) is 0 Å². The standard InChI is InChI=1S/C17H20N4O3S/c1-18(2)9-20-12-8-6-5-7-11(12)13(15(20)22)14-16(23)21(10-19(3)4)17(24)25-14/h5-8H,9-10H2,1-4H3/b14-13-. The number of carbonyl (C=O) groups is 3. The Morgan fingerprint density at radius 3 is 2.12 bits per heavy atom. The van der Waals surface area contributed by atoms with Crippen LogP contribution in [0.5, 0.6) is 0 Å². The van der Waals surface area contributed by atoms with Gasteiger partial charge in [0.25, 0.3) is 17.1 Å². The summed E-state index contributed by atoms with van der Waals surface area (Å²) in [5, 5.41) is -0.349. The van der Waals surface area contributed by atoms with E-state index in [0.717, 1.165) is 22.3 Å². The Labute approximate surface area is 150 Å². The van der Waals surface area contributed by atoms with Gasteiger partial charge >= 0.3 is 0 Å². The number of hydrogen-bond acceptors (Lipinski definition) is 6. The lowest BCUT2D eigenvalue weighted by molar-refractivity contribution is -0.124. The number of hydrogen-bond donors (Lipinski definition) is 0. The van der Waals surface area contributed by atoms with Crippen LogP contribution in [0.2, 0.25) is 0 Å². The van der Waals surface area contributed by atoms with E-state index in [1.54, 1.807) is 23.9 Å². The monoisotopic (exact) mass is 360 g/mol. The molecular formula is C17H20N4O3S. The fourth-order valence-corrected chi connectivity index (χ4v) is 3.80. The quantitative estimate of drug-likeness (QED) is 0.758. The zero-order valence-corrected chi connectivity index (χ0v) is 15.5. The highest BCUT2D eigenvalue weighted by Gasteiger charge is 2.43. The van der Waals surface area contributed by atoms with Crippen molar-refractivity contribution >= 4 is 40.1 Å². The third-order valence-electron chi connectivity index (χ3n) is 3.85. The molecule has 132 valence electrons. The molecule has 0 saturated carbocycles. The summed E-state index contributed by atoms with van der Waals surface area (Å²) in [6.07, 6.45) is 0.